The Labute approximate surface area is 237 Å². The number of aromatic nitrogens is 2. The summed E-state index contributed by atoms with van der Waals surface area (Å²) in [6, 6.07) is 43.2. The van der Waals surface area contributed by atoms with Gasteiger partial charge in [0, 0.05) is 16.3 Å². The predicted octanol–water partition coefficient (Wildman–Crippen LogP) is 8.02. The highest BCUT2D eigenvalue weighted by molar-refractivity contribution is 7.80. The van der Waals surface area contributed by atoms with Gasteiger partial charge in [0.25, 0.3) is 0 Å². The fraction of sp³-hybridized carbons (Fsp3) is 0.167. The Bertz CT molecular complexity index is 1720. The van der Waals surface area contributed by atoms with E-state index in [4.69, 9.17) is 14.9 Å². The predicted molar refractivity (Wildman–Crippen MR) is 171 cm³/mol. The molecule has 0 radical (unpaired) electrons. The minimum atomic E-state index is -0.848. The smallest absolute Gasteiger partial charge is 0.241 e. The van der Waals surface area contributed by atoms with Gasteiger partial charge in [0.1, 0.15) is 5.69 Å². The van der Waals surface area contributed by atoms with E-state index in [1.54, 1.807) is 0 Å². The van der Waals surface area contributed by atoms with Crippen molar-refractivity contribution in [2.45, 2.75) is 27.2 Å². The number of fused-ring (bicyclic) bond motifs is 2. The van der Waals surface area contributed by atoms with E-state index < -0.39 is 7.92 Å². The number of hydrogen-bond acceptors (Lipinski definition) is 3. The summed E-state index contributed by atoms with van der Waals surface area (Å²) in [5, 5.41) is 17.9. The molecule has 4 heteroatoms. The highest BCUT2D eigenvalue weighted by atomic mass is 31.1. The van der Waals surface area contributed by atoms with Gasteiger partial charge in [-0.3, -0.25) is 0 Å². The number of nitrogens with zero attached hydrogens (tertiary/aromatic N) is 2. The van der Waals surface area contributed by atoms with Crippen LogP contribution in [0.3, 0.4) is 0 Å². The first-order valence-corrected chi connectivity index (χ1v) is 15.1. The second-order valence-electron chi connectivity index (χ2n) is 11.2. The second-order valence-corrected chi connectivity index (χ2v) is 13.4. The minimum absolute atomic E-state index is 0.188. The summed E-state index contributed by atoms with van der Waals surface area (Å²) >= 11 is 0. The third kappa shape index (κ3) is 5.35. The molecule has 198 valence electrons. The van der Waals surface area contributed by atoms with Crippen LogP contribution in [0.5, 0.6) is 5.88 Å². The van der Waals surface area contributed by atoms with Crippen molar-refractivity contribution in [1.29, 1.82) is 0 Å². The van der Waals surface area contributed by atoms with Crippen molar-refractivity contribution in [3.8, 4) is 17.1 Å². The zero-order chi connectivity index (χ0) is 27.5. The molecular formula is C36H33N2OP. The molecule has 0 fully saturated rings. The molecule has 6 rings (SSSR count). The van der Waals surface area contributed by atoms with Gasteiger partial charge in [0.2, 0.25) is 5.88 Å². The van der Waals surface area contributed by atoms with E-state index in [1.807, 2.05) is 0 Å². The van der Waals surface area contributed by atoms with Gasteiger partial charge in [-0.25, -0.2) is 0 Å². The molecule has 0 aliphatic carbocycles. The normalized spacial score (nSPS) is 11.8. The lowest BCUT2D eigenvalue weighted by atomic mass is 9.93. The Morgan fingerprint density at radius 2 is 1.18 bits per heavy atom. The Morgan fingerprint density at radius 3 is 1.82 bits per heavy atom. The van der Waals surface area contributed by atoms with E-state index in [-0.39, 0.29) is 5.41 Å². The zero-order valence-electron chi connectivity index (χ0n) is 23.2. The van der Waals surface area contributed by atoms with E-state index in [0.29, 0.717) is 12.5 Å². The maximum absolute atomic E-state index is 6.22. The summed E-state index contributed by atoms with van der Waals surface area (Å²) in [4.78, 5) is 0. The van der Waals surface area contributed by atoms with Gasteiger partial charge < -0.3 is 4.74 Å². The molecule has 0 amide bonds. The largest absolute Gasteiger partial charge is 0.476 e. The highest BCUT2D eigenvalue weighted by Crippen LogP contribution is 2.42. The maximum atomic E-state index is 6.22. The van der Waals surface area contributed by atoms with Crippen LogP contribution < -0.4 is 20.7 Å². The van der Waals surface area contributed by atoms with E-state index in [1.165, 1.54) is 26.7 Å². The van der Waals surface area contributed by atoms with Crippen molar-refractivity contribution in [2.24, 2.45) is 5.41 Å². The van der Waals surface area contributed by atoms with Crippen LogP contribution in [-0.2, 0) is 0 Å². The number of rotatable bonds is 7. The van der Waals surface area contributed by atoms with E-state index in [9.17, 15) is 0 Å². The fourth-order valence-corrected chi connectivity index (χ4v) is 7.57. The Hall–Kier alpha value is -4.07. The van der Waals surface area contributed by atoms with Crippen LogP contribution in [0.15, 0.2) is 121 Å². The number of ether oxygens (including phenoxy) is 1. The summed E-state index contributed by atoms with van der Waals surface area (Å²) in [6.07, 6.45) is 0.941. The van der Waals surface area contributed by atoms with Crippen molar-refractivity contribution in [3.63, 3.8) is 0 Å². The molecule has 0 saturated heterocycles. The molecule has 0 unspecified atom stereocenters. The quantitative estimate of drug-likeness (QED) is 0.192. The van der Waals surface area contributed by atoms with E-state index >= 15 is 0 Å². The average Bonchev–Trinajstić information content (AvgIpc) is 2.98. The van der Waals surface area contributed by atoms with Crippen LogP contribution in [-0.4, -0.2) is 16.8 Å². The topological polar surface area (TPSA) is 35.0 Å². The molecule has 0 spiro atoms. The first-order valence-electron chi connectivity index (χ1n) is 13.8. The van der Waals surface area contributed by atoms with Crippen LogP contribution in [0, 0.1) is 5.41 Å². The molecule has 0 bridgehead atoms. The molecule has 0 aliphatic rings. The summed E-state index contributed by atoms with van der Waals surface area (Å²) in [5.41, 5.74) is 2.22. The summed E-state index contributed by atoms with van der Waals surface area (Å²) < 4.78 is 6.22. The van der Waals surface area contributed by atoms with Crippen molar-refractivity contribution in [3.05, 3.63) is 121 Å². The molecule has 5 aromatic carbocycles. The lowest BCUT2D eigenvalue weighted by molar-refractivity contribution is 0.237. The molecule has 3 nitrogen and oxygen atoms in total. The van der Waals surface area contributed by atoms with Gasteiger partial charge in [-0.2, -0.15) is 0 Å². The van der Waals surface area contributed by atoms with Gasteiger partial charge in [-0.1, -0.05) is 136 Å². The zero-order valence-corrected chi connectivity index (χ0v) is 24.1. The van der Waals surface area contributed by atoms with Crippen LogP contribution in [0.1, 0.15) is 27.2 Å². The summed E-state index contributed by atoms with van der Waals surface area (Å²) in [5.74, 6) is 0.596. The monoisotopic (exact) mass is 540 g/mol. The van der Waals surface area contributed by atoms with Crippen LogP contribution in [0.2, 0.25) is 0 Å². The summed E-state index contributed by atoms with van der Waals surface area (Å²) in [7, 11) is -0.848. The molecule has 6 aromatic rings. The molecular weight excluding hydrogens is 507 g/mol. The minimum Gasteiger partial charge on any atom is -0.476 e. The number of benzene rings is 5. The van der Waals surface area contributed by atoms with Gasteiger partial charge in [-0.05, 0) is 52.5 Å². The standard InChI is InChI=1S/C36H33N2OP/c1-36(2,3)24-25-39-35-31-21-13-12-20-30(31)34(37-38-35)33-29-19-11-10-14-26(29)22-23-32(33)40(27-15-6-4-7-16-27)28-17-8-5-9-18-28/h4-23H,24-25H2,1-3H3. The fourth-order valence-electron chi connectivity index (χ4n) is 5.10. The van der Waals surface area contributed by atoms with Gasteiger partial charge in [-0.15, -0.1) is 10.2 Å². The molecule has 1 heterocycles. The SMILES string of the molecule is CC(C)(C)CCOc1nnc(-c2c(P(c3ccccc3)c3ccccc3)ccc3ccccc23)c2ccccc12. The lowest BCUT2D eigenvalue weighted by Gasteiger charge is -2.24. The molecule has 1 aromatic heterocycles. The average molecular weight is 541 g/mol. The van der Waals surface area contributed by atoms with E-state index in [2.05, 4.69) is 142 Å². The Balaban J connectivity index is 1.60. The molecule has 0 saturated carbocycles. The first-order chi connectivity index (χ1) is 19.5. The maximum Gasteiger partial charge on any atom is 0.241 e. The molecule has 0 atom stereocenters. The third-order valence-corrected chi connectivity index (χ3v) is 9.64. The highest BCUT2D eigenvalue weighted by Gasteiger charge is 2.24. The Kier molecular flexibility index (Phi) is 7.32. The van der Waals surface area contributed by atoms with Gasteiger partial charge >= 0.3 is 0 Å². The van der Waals surface area contributed by atoms with Crippen molar-refractivity contribution in [1.82, 2.24) is 10.2 Å². The first kappa shape index (κ1) is 26.2. The Morgan fingerprint density at radius 1 is 0.600 bits per heavy atom. The van der Waals surface area contributed by atoms with Crippen molar-refractivity contribution >= 4 is 45.4 Å². The second kappa shape index (κ2) is 11.2. The van der Waals surface area contributed by atoms with Crippen LogP contribution >= 0.6 is 7.92 Å². The molecule has 0 N–H and O–H groups in total. The third-order valence-electron chi connectivity index (χ3n) is 7.16. The van der Waals surface area contributed by atoms with E-state index in [0.717, 1.165) is 28.5 Å². The number of hydrogen-bond donors (Lipinski definition) is 0. The van der Waals surface area contributed by atoms with Gasteiger partial charge in [0.05, 0.1) is 6.61 Å². The van der Waals surface area contributed by atoms with Crippen molar-refractivity contribution < 1.29 is 4.74 Å². The molecule has 0 aliphatic heterocycles. The van der Waals surface area contributed by atoms with Gasteiger partial charge in [0.15, 0.2) is 0 Å². The summed E-state index contributed by atoms with van der Waals surface area (Å²) in [6.45, 7) is 7.28. The lowest BCUT2D eigenvalue weighted by Crippen LogP contribution is -2.22. The van der Waals surface area contributed by atoms with Crippen molar-refractivity contribution in [2.75, 3.05) is 6.61 Å². The van der Waals surface area contributed by atoms with Crippen LogP contribution in [0.25, 0.3) is 32.8 Å². The van der Waals surface area contributed by atoms with Crippen LogP contribution in [0.4, 0.5) is 0 Å². The molecule has 40 heavy (non-hydrogen) atoms.